The lowest BCUT2D eigenvalue weighted by Gasteiger charge is -2.04. The Balaban J connectivity index is 1.77. The second-order valence-corrected chi connectivity index (χ2v) is 4.55. The van der Waals surface area contributed by atoms with E-state index in [-0.39, 0.29) is 0 Å². The van der Waals surface area contributed by atoms with Crippen LogP contribution in [0.15, 0.2) is 48.5 Å². The van der Waals surface area contributed by atoms with E-state index in [1.54, 1.807) is 4.80 Å². The summed E-state index contributed by atoms with van der Waals surface area (Å²) in [5.41, 5.74) is 1.85. The minimum Gasteiger partial charge on any atom is -0.370 e. The number of anilines is 1. The van der Waals surface area contributed by atoms with Gasteiger partial charge in [-0.05, 0) is 24.3 Å². The van der Waals surface area contributed by atoms with Gasteiger partial charge in [0.1, 0.15) is 12.4 Å². The van der Waals surface area contributed by atoms with Crippen molar-refractivity contribution in [2.45, 2.75) is 13.5 Å². The number of rotatable bonds is 5. The maximum absolute atomic E-state index is 4.50. The molecule has 0 aliphatic carbocycles. The van der Waals surface area contributed by atoms with E-state index in [4.69, 9.17) is 0 Å². The van der Waals surface area contributed by atoms with Gasteiger partial charge in [-0.1, -0.05) is 36.4 Å². The number of pyridine rings is 1. The van der Waals surface area contributed by atoms with Crippen molar-refractivity contribution in [1.82, 2.24) is 25.2 Å². The zero-order chi connectivity index (χ0) is 14.5. The Kier molecular flexibility index (Phi) is 3.86. The summed E-state index contributed by atoms with van der Waals surface area (Å²) in [6, 6.07) is 15.7. The third kappa shape index (κ3) is 3.22. The second-order valence-electron chi connectivity index (χ2n) is 4.55. The molecule has 106 valence electrons. The highest BCUT2D eigenvalue weighted by Crippen LogP contribution is 2.12. The van der Waals surface area contributed by atoms with Crippen LogP contribution in [0.3, 0.4) is 0 Å². The third-order valence-corrected chi connectivity index (χ3v) is 2.95. The highest BCUT2D eigenvalue weighted by Gasteiger charge is 2.06. The summed E-state index contributed by atoms with van der Waals surface area (Å²) in [4.78, 5) is 6.06. The second kappa shape index (κ2) is 6.13. The summed E-state index contributed by atoms with van der Waals surface area (Å²) in [5.74, 6) is 1.48. The first kappa shape index (κ1) is 13.2. The third-order valence-electron chi connectivity index (χ3n) is 2.95. The first-order chi connectivity index (χ1) is 10.3. The normalized spacial score (nSPS) is 10.5. The van der Waals surface area contributed by atoms with Gasteiger partial charge in [-0.25, -0.2) is 4.98 Å². The van der Waals surface area contributed by atoms with Crippen molar-refractivity contribution in [1.29, 1.82) is 0 Å². The van der Waals surface area contributed by atoms with E-state index in [1.807, 2.05) is 55.5 Å². The number of nitrogens with zero attached hydrogens (tertiary/aromatic N) is 5. The van der Waals surface area contributed by atoms with Crippen LogP contribution in [0.25, 0.3) is 11.4 Å². The maximum atomic E-state index is 4.50. The van der Waals surface area contributed by atoms with Gasteiger partial charge in [0, 0.05) is 12.1 Å². The van der Waals surface area contributed by atoms with Gasteiger partial charge in [0.25, 0.3) is 0 Å². The molecular weight excluding hydrogens is 264 g/mol. The van der Waals surface area contributed by atoms with Gasteiger partial charge in [0.05, 0.1) is 5.69 Å². The van der Waals surface area contributed by atoms with Gasteiger partial charge in [0.2, 0.25) is 5.82 Å². The van der Waals surface area contributed by atoms with E-state index in [9.17, 15) is 0 Å². The first-order valence-electron chi connectivity index (χ1n) is 6.88. The minimum atomic E-state index is 0.499. The Labute approximate surface area is 122 Å². The van der Waals surface area contributed by atoms with Gasteiger partial charge >= 0.3 is 0 Å². The van der Waals surface area contributed by atoms with Crippen molar-refractivity contribution in [2.24, 2.45) is 0 Å². The molecule has 0 saturated carbocycles. The Hall–Kier alpha value is -2.76. The van der Waals surface area contributed by atoms with Gasteiger partial charge in [-0.2, -0.15) is 4.80 Å². The molecule has 0 fully saturated rings. The van der Waals surface area contributed by atoms with Crippen molar-refractivity contribution in [2.75, 3.05) is 11.9 Å². The lowest BCUT2D eigenvalue weighted by molar-refractivity contribution is 0.565. The van der Waals surface area contributed by atoms with Crippen molar-refractivity contribution < 1.29 is 0 Å². The minimum absolute atomic E-state index is 0.499. The Morgan fingerprint density at radius 2 is 1.90 bits per heavy atom. The molecule has 1 aromatic carbocycles. The van der Waals surface area contributed by atoms with Gasteiger partial charge < -0.3 is 5.32 Å². The summed E-state index contributed by atoms with van der Waals surface area (Å²) < 4.78 is 0. The molecule has 0 saturated heterocycles. The quantitative estimate of drug-likeness (QED) is 0.776. The summed E-state index contributed by atoms with van der Waals surface area (Å²) in [6.07, 6.45) is 0. The van der Waals surface area contributed by atoms with Gasteiger partial charge in [-0.15, -0.1) is 10.2 Å². The SMILES string of the molecule is CCNc1cccc(Cn2nnc(-c3ccccc3)n2)n1. The van der Waals surface area contributed by atoms with E-state index in [2.05, 4.69) is 25.7 Å². The topological polar surface area (TPSA) is 68.5 Å². The van der Waals surface area contributed by atoms with Crippen LogP contribution in [-0.4, -0.2) is 31.7 Å². The molecule has 0 bridgehead atoms. The molecule has 0 aliphatic rings. The fourth-order valence-electron chi connectivity index (χ4n) is 2.01. The predicted molar refractivity (Wildman–Crippen MR) is 80.8 cm³/mol. The van der Waals surface area contributed by atoms with E-state index in [1.165, 1.54) is 0 Å². The molecule has 0 atom stereocenters. The predicted octanol–water partition coefficient (Wildman–Crippen LogP) is 2.22. The Morgan fingerprint density at radius 3 is 2.71 bits per heavy atom. The van der Waals surface area contributed by atoms with Crippen molar-refractivity contribution in [3.8, 4) is 11.4 Å². The Morgan fingerprint density at radius 1 is 1.05 bits per heavy atom. The van der Waals surface area contributed by atoms with Crippen LogP contribution in [0.2, 0.25) is 0 Å². The van der Waals surface area contributed by atoms with Gasteiger partial charge in [0.15, 0.2) is 0 Å². The standard InChI is InChI=1S/C15H16N6/c1-2-16-14-10-6-9-13(17-14)11-21-19-15(18-20-21)12-7-4-3-5-8-12/h3-10H,2,11H2,1H3,(H,16,17). The summed E-state index contributed by atoms with van der Waals surface area (Å²) in [6.45, 7) is 3.38. The van der Waals surface area contributed by atoms with Gasteiger partial charge in [-0.3, -0.25) is 0 Å². The molecule has 0 radical (unpaired) electrons. The first-order valence-corrected chi connectivity index (χ1v) is 6.88. The van der Waals surface area contributed by atoms with Crippen LogP contribution in [0.4, 0.5) is 5.82 Å². The number of benzene rings is 1. The van der Waals surface area contributed by atoms with Crippen LogP contribution >= 0.6 is 0 Å². The molecule has 0 amide bonds. The van der Waals surface area contributed by atoms with Crippen molar-refractivity contribution in [3.05, 3.63) is 54.2 Å². The molecule has 2 heterocycles. The number of aromatic nitrogens is 5. The molecule has 0 aliphatic heterocycles. The lowest BCUT2D eigenvalue weighted by atomic mass is 10.2. The molecule has 0 unspecified atom stereocenters. The van der Waals surface area contributed by atoms with E-state index in [0.717, 1.165) is 23.6 Å². The molecule has 2 aromatic heterocycles. The average Bonchev–Trinajstić information content (AvgIpc) is 2.97. The van der Waals surface area contributed by atoms with Crippen LogP contribution in [0.5, 0.6) is 0 Å². The number of nitrogens with one attached hydrogen (secondary N) is 1. The fraction of sp³-hybridized carbons (Fsp3) is 0.200. The van der Waals surface area contributed by atoms with E-state index >= 15 is 0 Å². The van der Waals surface area contributed by atoms with E-state index in [0.29, 0.717) is 12.4 Å². The fourth-order valence-corrected chi connectivity index (χ4v) is 2.01. The molecule has 21 heavy (non-hydrogen) atoms. The molecule has 0 spiro atoms. The lowest BCUT2D eigenvalue weighted by Crippen LogP contribution is -2.07. The Bertz CT molecular complexity index is 707. The van der Waals surface area contributed by atoms with Crippen LogP contribution in [-0.2, 0) is 6.54 Å². The zero-order valence-electron chi connectivity index (χ0n) is 11.8. The highest BCUT2D eigenvalue weighted by atomic mass is 15.6. The summed E-state index contributed by atoms with van der Waals surface area (Å²) >= 11 is 0. The van der Waals surface area contributed by atoms with Crippen molar-refractivity contribution >= 4 is 5.82 Å². The van der Waals surface area contributed by atoms with Crippen molar-refractivity contribution in [3.63, 3.8) is 0 Å². The molecule has 3 aromatic rings. The average molecular weight is 280 g/mol. The molecular formula is C15H16N6. The number of hydrogen-bond donors (Lipinski definition) is 1. The molecule has 6 heteroatoms. The van der Waals surface area contributed by atoms with Crippen LogP contribution < -0.4 is 5.32 Å². The van der Waals surface area contributed by atoms with Crippen LogP contribution in [0, 0.1) is 0 Å². The summed E-state index contributed by atoms with van der Waals surface area (Å²) in [5, 5.41) is 15.7. The smallest absolute Gasteiger partial charge is 0.204 e. The maximum Gasteiger partial charge on any atom is 0.204 e. The molecule has 6 nitrogen and oxygen atoms in total. The largest absolute Gasteiger partial charge is 0.370 e. The van der Waals surface area contributed by atoms with E-state index < -0.39 is 0 Å². The molecule has 3 rings (SSSR count). The van der Waals surface area contributed by atoms with Crippen LogP contribution in [0.1, 0.15) is 12.6 Å². The zero-order valence-corrected chi connectivity index (χ0v) is 11.8. The number of tetrazole rings is 1. The highest BCUT2D eigenvalue weighted by molar-refractivity contribution is 5.52. The monoisotopic (exact) mass is 280 g/mol. The molecule has 1 N–H and O–H groups in total. The summed E-state index contributed by atoms with van der Waals surface area (Å²) in [7, 11) is 0. The number of hydrogen-bond acceptors (Lipinski definition) is 5.